The second-order valence-electron chi connectivity index (χ2n) is 16.5. The molecule has 13 atom stereocenters. The van der Waals surface area contributed by atoms with E-state index in [0.717, 1.165) is 12.1 Å². The van der Waals surface area contributed by atoms with Gasteiger partial charge >= 0.3 is 5.97 Å². The number of hydrogen-bond acceptors (Lipinski definition) is 16. The number of esters is 1. The van der Waals surface area contributed by atoms with Crippen molar-refractivity contribution in [3.63, 3.8) is 0 Å². The highest BCUT2D eigenvalue weighted by atomic mass is 16.7. The second kappa shape index (κ2) is 16.9. The molecule has 0 amide bonds. The van der Waals surface area contributed by atoms with Crippen LogP contribution in [-0.2, 0) is 38.0 Å². The number of ether oxygens (including phenoxy) is 7. The van der Waals surface area contributed by atoms with Crippen LogP contribution in [0.2, 0.25) is 0 Å². The number of rotatable bonds is 9. The number of benzene rings is 2. The Morgan fingerprint density at radius 1 is 0.932 bits per heavy atom. The summed E-state index contributed by atoms with van der Waals surface area (Å²) < 4.78 is 43.3. The molecule has 7 rings (SSSR count). The number of carbonyl (C=O) groups is 3. The van der Waals surface area contributed by atoms with Crippen molar-refractivity contribution in [3.8, 4) is 11.5 Å². The average molecular weight is 825 g/mol. The summed E-state index contributed by atoms with van der Waals surface area (Å²) in [6.07, 6.45) is -5.09. The third-order valence-corrected chi connectivity index (χ3v) is 12.7. The molecule has 0 aromatic heterocycles. The van der Waals surface area contributed by atoms with E-state index in [1.54, 1.807) is 14.0 Å². The van der Waals surface area contributed by atoms with Crippen molar-refractivity contribution < 1.29 is 68.0 Å². The lowest BCUT2D eigenvalue weighted by molar-refractivity contribution is -0.324. The zero-order valence-electron chi connectivity index (χ0n) is 34.7. The molecule has 0 radical (unpaired) electrons. The van der Waals surface area contributed by atoms with Gasteiger partial charge in [-0.3, -0.25) is 19.4 Å². The molecule has 16 heteroatoms. The molecule has 0 spiro atoms. The lowest BCUT2D eigenvalue weighted by Crippen LogP contribution is -2.58. The summed E-state index contributed by atoms with van der Waals surface area (Å²) in [5, 5.41) is 46.0. The summed E-state index contributed by atoms with van der Waals surface area (Å²) in [7, 11) is 6.70. The number of methoxy groups -OCH3 is 1. The number of phenols is 2. The fourth-order valence-corrected chi connectivity index (χ4v) is 9.57. The molecule has 3 fully saturated rings. The molecular weight excluding hydrogens is 768 g/mol. The maximum Gasteiger partial charge on any atom is 0.316 e. The normalized spacial score (nSPS) is 36.6. The van der Waals surface area contributed by atoms with Crippen LogP contribution in [0.3, 0.4) is 0 Å². The maximum absolute atomic E-state index is 13.9. The standard InChI is InChI=1S/C43H56N2O14/c1-9-43(52)18-29(34-23(36(43)42(51)53-8)15-24-35(39(34)50)38(49)33-22(37(24)48)11-10-12-27(33)46)57-31-16-26(45(6)7)40(20(3)55-31)59-32-17-28(47)41(21(4)56-32)58-30-14-13-25(44-5)19(2)54-30/h10-12,15,19-21,26,28-32,36,40-41,46-47,50,52H,9,13-14,16-18H2,1-8H3/t19?,20?,21?,26-,28-,29+,30+,31+,32+,36+,40-,41-,43-/m1/s1. The van der Waals surface area contributed by atoms with Gasteiger partial charge in [0.15, 0.2) is 24.7 Å². The van der Waals surface area contributed by atoms with Gasteiger partial charge in [-0.1, -0.05) is 19.1 Å². The van der Waals surface area contributed by atoms with Gasteiger partial charge in [-0.25, -0.2) is 0 Å². The number of carbonyl (C=O) groups excluding carboxylic acids is 3. The van der Waals surface area contributed by atoms with Crippen molar-refractivity contribution in [2.24, 2.45) is 4.99 Å². The van der Waals surface area contributed by atoms with E-state index in [-0.39, 0.29) is 71.2 Å². The summed E-state index contributed by atoms with van der Waals surface area (Å²) in [5.41, 5.74) is -1.46. The molecule has 5 aliphatic rings. The fraction of sp³-hybridized carbons (Fsp3) is 0.628. The molecule has 3 aliphatic heterocycles. The molecule has 0 saturated carbocycles. The minimum absolute atomic E-state index is 0.0377. The molecule has 59 heavy (non-hydrogen) atoms. The van der Waals surface area contributed by atoms with Crippen LogP contribution >= 0.6 is 0 Å². The maximum atomic E-state index is 13.9. The predicted octanol–water partition coefficient (Wildman–Crippen LogP) is 3.66. The largest absolute Gasteiger partial charge is 0.507 e. The first kappa shape index (κ1) is 43.3. The number of likely N-dealkylation sites (N-methyl/N-ethyl adjacent to an activating group) is 1. The number of nitrogens with zero attached hydrogens (tertiary/aromatic N) is 2. The van der Waals surface area contributed by atoms with Crippen molar-refractivity contribution >= 4 is 23.2 Å². The third-order valence-electron chi connectivity index (χ3n) is 12.7. The topological polar surface area (TPSA) is 212 Å². The molecule has 322 valence electrons. The van der Waals surface area contributed by atoms with E-state index in [1.165, 1.54) is 31.4 Å². The van der Waals surface area contributed by atoms with Crippen LogP contribution in [0.25, 0.3) is 0 Å². The van der Waals surface area contributed by atoms with E-state index in [9.17, 15) is 34.8 Å². The summed E-state index contributed by atoms with van der Waals surface area (Å²) >= 11 is 0. The fourth-order valence-electron chi connectivity index (χ4n) is 9.57. The van der Waals surface area contributed by atoms with Gasteiger partial charge in [0.25, 0.3) is 0 Å². The van der Waals surface area contributed by atoms with Gasteiger partial charge in [-0.15, -0.1) is 0 Å². The Labute approximate surface area is 343 Å². The Morgan fingerprint density at radius 2 is 1.61 bits per heavy atom. The summed E-state index contributed by atoms with van der Waals surface area (Å²) in [5.74, 6) is -4.55. The van der Waals surface area contributed by atoms with Crippen LogP contribution in [0, 0.1) is 0 Å². The zero-order chi connectivity index (χ0) is 42.7. The van der Waals surface area contributed by atoms with Gasteiger partial charge in [0, 0.05) is 61.2 Å². The number of aliphatic imine (C=N–C) groups is 1. The Morgan fingerprint density at radius 3 is 2.24 bits per heavy atom. The Bertz CT molecular complexity index is 1970. The number of fused-ring (bicyclic) bond motifs is 3. The monoisotopic (exact) mass is 824 g/mol. The van der Waals surface area contributed by atoms with Crippen molar-refractivity contribution in [1.29, 1.82) is 0 Å². The molecule has 3 unspecified atom stereocenters. The van der Waals surface area contributed by atoms with E-state index in [2.05, 4.69) is 4.99 Å². The van der Waals surface area contributed by atoms with Crippen LogP contribution in [-0.4, -0.2) is 144 Å². The van der Waals surface area contributed by atoms with Crippen LogP contribution in [0.4, 0.5) is 0 Å². The molecule has 3 saturated heterocycles. The van der Waals surface area contributed by atoms with Crippen molar-refractivity contribution in [3.05, 3.63) is 57.6 Å². The smallest absolute Gasteiger partial charge is 0.316 e. The van der Waals surface area contributed by atoms with E-state index in [1.807, 2.05) is 39.8 Å². The highest BCUT2D eigenvalue weighted by Gasteiger charge is 2.53. The van der Waals surface area contributed by atoms with E-state index in [4.69, 9.17) is 33.2 Å². The SMILES string of the molecule is CC[C@@]1(O)C[C@H](O[C@H]2C[C@@H](N(C)C)[C@H](O[C@H]3C[C@@H](O)[C@H](O[C@H]4CCC(=NC)C(C)O4)C(C)O3)C(C)O2)c2c(cc3c(c2O)C(=O)c2c(O)cccc2C3=O)[C@H]1C(=O)OC. The molecule has 2 aromatic carbocycles. The van der Waals surface area contributed by atoms with Gasteiger partial charge in [0.1, 0.15) is 29.6 Å². The van der Waals surface area contributed by atoms with Crippen LogP contribution < -0.4 is 0 Å². The van der Waals surface area contributed by atoms with Gasteiger partial charge in [-0.2, -0.15) is 0 Å². The quantitative estimate of drug-likeness (QED) is 0.227. The Hall–Kier alpha value is -3.84. The van der Waals surface area contributed by atoms with Gasteiger partial charge in [-0.05, 0) is 65.4 Å². The average Bonchev–Trinajstić information content (AvgIpc) is 3.18. The minimum atomic E-state index is -1.75. The van der Waals surface area contributed by atoms with Gasteiger partial charge in [0.2, 0.25) is 5.78 Å². The number of ketones is 2. The van der Waals surface area contributed by atoms with Crippen molar-refractivity contribution in [2.75, 3.05) is 28.3 Å². The van der Waals surface area contributed by atoms with Crippen molar-refractivity contribution in [1.82, 2.24) is 4.90 Å². The third kappa shape index (κ3) is 7.83. The van der Waals surface area contributed by atoms with Gasteiger partial charge in [0.05, 0.1) is 54.4 Å². The molecule has 2 aliphatic carbocycles. The first-order valence-electron chi connectivity index (χ1n) is 20.4. The van der Waals surface area contributed by atoms with Crippen molar-refractivity contribution in [2.45, 2.75) is 145 Å². The predicted molar refractivity (Wildman–Crippen MR) is 210 cm³/mol. The van der Waals surface area contributed by atoms with Crippen LogP contribution in [0.15, 0.2) is 29.3 Å². The van der Waals surface area contributed by atoms with Crippen LogP contribution in [0.1, 0.15) is 121 Å². The lowest BCUT2D eigenvalue weighted by Gasteiger charge is -2.48. The first-order valence-corrected chi connectivity index (χ1v) is 20.4. The first-order chi connectivity index (χ1) is 28.0. The highest BCUT2D eigenvalue weighted by molar-refractivity contribution is 6.30. The molecule has 4 N–H and O–H groups in total. The highest BCUT2D eigenvalue weighted by Crippen LogP contribution is 2.54. The van der Waals surface area contributed by atoms with E-state index >= 15 is 0 Å². The second-order valence-corrected chi connectivity index (χ2v) is 16.5. The number of hydrogen-bond donors (Lipinski definition) is 4. The number of phenolic OH excluding ortho intramolecular Hbond substituents is 2. The number of aliphatic hydroxyl groups excluding tert-OH is 1. The molecule has 2 aromatic rings. The Kier molecular flexibility index (Phi) is 12.4. The summed E-state index contributed by atoms with van der Waals surface area (Å²) in [6, 6.07) is 5.16. The van der Waals surface area contributed by atoms with E-state index in [0.29, 0.717) is 6.42 Å². The Balaban J connectivity index is 1.12. The lowest BCUT2D eigenvalue weighted by atomic mass is 9.67. The van der Waals surface area contributed by atoms with Crippen LogP contribution in [0.5, 0.6) is 11.5 Å². The molecule has 3 heterocycles. The zero-order valence-corrected chi connectivity index (χ0v) is 34.7. The summed E-state index contributed by atoms with van der Waals surface area (Å²) in [6.45, 7) is 7.28. The number of aromatic hydroxyl groups is 2. The molecule has 0 bridgehead atoms. The minimum Gasteiger partial charge on any atom is -0.507 e. The number of aliphatic hydroxyl groups is 2. The van der Waals surface area contributed by atoms with E-state index < -0.39 is 96.0 Å². The van der Waals surface area contributed by atoms with Gasteiger partial charge < -0.3 is 58.5 Å². The summed E-state index contributed by atoms with van der Waals surface area (Å²) in [4.78, 5) is 47.5. The molecular formula is C43H56N2O14. The molecule has 16 nitrogen and oxygen atoms in total.